The lowest BCUT2D eigenvalue weighted by atomic mass is 10.2. The lowest BCUT2D eigenvalue weighted by Crippen LogP contribution is -2.05. The van der Waals surface area contributed by atoms with Gasteiger partial charge in [-0.2, -0.15) is 0 Å². The van der Waals surface area contributed by atoms with Gasteiger partial charge in [0, 0.05) is 18.0 Å². The molecule has 0 atom stereocenters. The van der Waals surface area contributed by atoms with Gasteiger partial charge in [0.15, 0.2) is 0 Å². The van der Waals surface area contributed by atoms with Crippen LogP contribution in [0.1, 0.15) is 19.4 Å². The minimum atomic E-state index is 0.157. The Morgan fingerprint density at radius 2 is 2.19 bits per heavy atom. The third kappa shape index (κ3) is 2.39. The summed E-state index contributed by atoms with van der Waals surface area (Å²) in [6.07, 6.45) is 3.79. The van der Waals surface area contributed by atoms with Gasteiger partial charge in [-0.05, 0) is 32.4 Å². The van der Waals surface area contributed by atoms with Gasteiger partial charge in [0.25, 0.3) is 0 Å². The zero-order chi connectivity index (χ0) is 11.5. The average molecular weight is 234 g/mol. The van der Waals surface area contributed by atoms with E-state index in [1.165, 1.54) is 5.56 Å². The highest BCUT2D eigenvalue weighted by Crippen LogP contribution is 2.28. The minimum Gasteiger partial charge on any atom is -0.474 e. The van der Waals surface area contributed by atoms with E-state index in [1.807, 2.05) is 31.5 Å². The van der Waals surface area contributed by atoms with Crippen molar-refractivity contribution in [1.82, 2.24) is 9.97 Å². The summed E-state index contributed by atoms with van der Waals surface area (Å²) in [6.45, 7) is 6.05. The molecule has 84 valence electrons. The first-order valence-corrected chi connectivity index (χ1v) is 6.08. The fourth-order valence-electron chi connectivity index (χ4n) is 1.37. The number of pyridine rings is 1. The summed E-state index contributed by atoms with van der Waals surface area (Å²) < 4.78 is 5.54. The number of nitrogens with zero attached hydrogens (tertiary/aromatic N) is 2. The molecule has 0 fully saturated rings. The number of ether oxygens (including phenoxy) is 1. The maximum absolute atomic E-state index is 5.54. The van der Waals surface area contributed by atoms with Gasteiger partial charge in [-0.15, -0.1) is 11.3 Å². The highest BCUT2D eigenvalue weighted by molar-refractivity contribution is 7.13. The van der Waals surface area contributed by atoms with Crippen LogP contribution < -0.4 is 4.74 Å². The lowest BCUT2D eigenvalue weighted by molar-refractivity contribution is 0.234. The molecule has 0 unspecified atom stereocenters. The van der Waals surface area contributed by atoms with Crippen molar-refractivity contribution < 1.29 is 4.74 Å². The molecule has 2 aromatic rings. The van der Waals surface area contributed by atoms with Crippen LogP contribution in [0.3, 0.4) is 0 Å². The Bertz CT molecular complexity index is 479. The van der Waals surface area contributed by atoms with Crippen LogP contribution in [0.4, 0.5) is 0 Å². The van der Waals surface area contributed by atoms with E-state index in [-0.39, 0.29) is 6.10 Å². The average Bonchev–Trinajstić information content (AvgIpc) is 2.66. The molecular formula is C12H14N2OS. The Hall–Kier alpha value is -1.42. The van der Waals surface area contributed by atoms with E-state index in [2.05, 4.69) is 16.9 Å². The maximum atomic E-state index is 5.54. The summed E-state index contributed by atoms with van der Waals surface area (Å²) in [5.74, 6) is 0.693. The van der Waals surface area contributed by atoms with E-state index in [0.29, 0.717) is 5.88 Å². The van der Waals surface area contributed by atoms with Crippen LogP contribution in [0.5, 0.6) is 5.88 Å². The second-order valence-electron chi connectivity index (χ2n) is 3.85. The highest BCUT2D eigenvalue weighted by Gasteiger charge is 2.08. The molecule has 0 bridgehead atoms. The third-order valence-electron chi connectivity index (χ3n) is 2.11. The molecule has 0 aliphatic rings. The summed E-state index contributed by atoms with van der Waals surface area (Å²) >= 11 is 1.58. The number of aryl methyl sites for hydroxylation is 1. The summed E-state index contributed by atoms with van der Waals surface area (Å²) in [5, 5.41) is 2.89. The third-order valence-corrected chi connectivity index (χ3v) is 2.96. The normalized spacial score (nSPS) is 10.8. The summed E-state index contributed by atoms with van der Waals surface area (Å²) in [6, 6.07) is 1.99. The molecule has 0 N–H and O–H groups in total. The van der Waals surface area contributed by atoms with Crippen molar-refractivity contribution in [3.63, 3.8) is 0 Å². The van der Waals surface area contributed by atoms with Gasteiger partial charge in [-0.25, -0.2) is 4.98 Å². The van der Waals surface area contributed by atoms with E-state index in [1.54, 1.807) is 17.5 Å². The Morgan fingerprint density at radius 3 is 2.88 bits per heavy atom. The predicted octanol–water partition coefficient (Wildman–Crippen LogP) is 3.30. The molecule has 4 heteroatoms. The highest BCUT2D eigenvalue weighted by atomic mass is 32.1. The van der Waals surface area contributed by atoms with Gasteiger partial charge in [0.05, 0.1) is 11.5 Å². The van der Waals surface area contributed by atoms with Crippen LogP contribution in [0.25, 0.3) is 10.6 Å². The monoisotopic (exact) mass is 234 g/mol. The van der Waals surface area contributed by atoms with Gasteiger partial charge in [-0.3, -0.25) is 4.98 Å². The van der Waals surface area contributed by atoms with Crippen LogP contribution in [-0.4, -0.2) is 16.1 Å². The zero-order valence-electron chi connectivity index (χ0n) is 9.60. The van der Waals surface area contributed by atoms with Crippen molar-refractivity contribution in [3.05, 3.63) is 29.4 Å². The standard InChI is InChI=1S/C12H14N2OS/c1-8(2)15-11-7-16-12(14-11)10-6-13-5-4-9(10)3/h4-8H,1-3H3. The van der Waals surface area contributed by atoms with E-state index in [9.17, 15) is 0 Å². The molecule has 16 heavy (non-hydrogen) atoms. The topological polar surface area (TPSA) is 35.0 Å². The molecule has 0 amide bonds. The molecule has 2 aromatic heterocycles. The summed E-state index contributed by atoms with van der Waals surface area (Å²) in [5.41, 5.74) is 2.26. The number of hydrogen-bond acceptors (Lipinski definition) is 4. The van der Waals surface area contributed by atoms with Gasteiger partial charge >= 0.3 is 0 Å². The lowest BCUT2D eigenvalue weighted by Gasteiger charge is -2.04. The number of rotatable bonds is 3. The predicted molar refractivity (Wildman–Crippen MR) is 65.8 cm³/mol. The molecule has 0 aliphatic heterocycles. The van der Waals surface area contributed by atoms with E-state index in [4.69, 9.17) is 4.74 Å². The van der Waals surface area contributed by atoms with Gasteiger partial charge in [0.1, 0.15) is 5.01 Å². The second kappa shape index (κ2) is 4.61. The summed E-state index contributed by atoms with van der Waals surface area (Å²) in [4.78, 5) is 8.56. The fraction of sp³-hybridized carbons (Fsp3) is 0.333. The smallest absolute Gasteiger partial charge is 0.225 e. The Labute approximate surface area is 99.1 Å². The Balaban J connectivity index is 2.28. The van der Waals surface area contributed by atoms with Crippen LogP contribution >= 0.6 is 11.3 Å². The SMILES string of the molecule is Cc1ccncc1-c1nc(OC(C)C)cs1. The molecule has 0 aliphatic carbocycles. The minimum absolute atomic E-state index is 0.157. The maximum Gasteiger partial charge on any atom is 0.225 e. The number of aromatic nitrogens is 2. The molecule has 0 saturated carbocycles. The first-order valence-electron chi connectivity index (χ1n) is 5.20. The van der Waals surface area contributed by atoms with Crippen molar-refractivity contribution >= 4 is 11.3 Å². The van der Waals surface area contributed by atoms with Crippen molar-refractivity contribution in [2.45, 2.75) is 26.9 Å². The van der Waals surface area contributed by atoms with E-state index < -0.39 is 0 Å². The summed E-state index contributed by atoms with van der Waals surface area (Å²) in [7, 11) is 0. The first kappa shape index (κ1) is 11.1. The van der Waals surface area contributed by atoms with Crippen LogP contribution in [0.15, 0.2) is 23.8 Å². The van der Waals surface area contributed by atoms with Gasteiger partial charge in [-0.1, -0.05) is 0 Å². The molecule has 0 aromatic carbocycles. The fourth-order valence-corrected chi connectivity index (χ4v) is 2.17. The molecule has 0 radical (unpaired) electrons. The zero-order valence-corrected chi connectivity index (χ0v) is 10.4. The number of hydrogen-bond donors (Lipinski definition) is 0. The molecule has 0 spiro atoms. The first-order chi connectivity index (χ1) is 7.66. The van der Waals surface area contributed by atoms with Gasteiger partial charge < -0.3 is 4.74 Å². The van der Waals surface area contributed by atoms with Crippen LogP contribution in [0, 0.1) is 6.92 Å². The Morgan fingerprint density at radius 1 is 1.38 bits per heavy atom. The van der Waals surface area contributed by atoms with Crippen LogP contribution in [0.2, 0.25) is 0 Å². The van der Waals surface area contributed by atoms with Crippen molar-refractivity contribution in [2.24, 2.45) is 0 Å². The molecule has 3 nitrogen and oxygen atoms in total. The number of thiazole rings is 1. The second-order valence-corrected chi connectivity index (χ2v) is 4.71. The van der Waals surface area contributed by atoms with Gasteiger partial charge in [0.2, 0.25) is 5.88 Å². The molecule has 0 saturated heterocycles. The quantitative estimate of drug-likeness (QED) is 0.817. The van der Waals surface area contributed by atoms with E-state index >= 15 is 0 Å². The molecule has 2 rings (SSSR count). The molecular weight excluding hydrogens is 220 g/mol. The van der Waals surface area contributed by atoms with E-state index in [0.717, 1.165) is 10.6 Å². The van der Waals surface area contributed by atoms with Crippen LogP contribution in [-0.2, 0) is 0 Å². The largest absolute Gasteiger partial charge is 0.474 e. The van der Waals surface area contributed by atoms with Crippen molar-refractivity contribution in [2.75, 3.05) is 0 Å². The van der Waals surface area contributed by atoms with Crippen molar-refractivity contribution in [1.29, 1.82) is 0 Å². The molecule has 2 heterocycles. The Kier molecular flexibility index (Phi) is 3.19. The van der Waals surface area contributed by atoms with Crippen molar-refractivity contribution in [3.8, 4) is 16.5 Å².